The van der Waals surface area contributed by atoms with E-state index in [0.29, 0.717) is 18.9 Å². The van der Waals surface area contributed by atoms with Gasteiger partial charge in [0.05, 0.1) is 5.41 Å². The van der Waals surface area contributed by atoms with Gasteiger partial charge < -0.3 is 10.4 Å². The number of halogens is 1. The zero-order valence-corrected chi connectivity index (χ0v) is 14.1. The van der Waals surface area contributed by atoms with Gasteiger partial charge in [-0.3, -0.25) is 4.79 Å². The molecule has 0 aromatic heterocycles. The van der Waals surface area contributed by atoms with Crippen LogP contribution >= 0.6 is 0 Å². The van der Waals surface area contributed by atoms with E-state index >= 15 is 0 Å². The lowest BCUT2D eigenvalue weighted by Gasteiger charge is -2.41. The van der Waals surface area contributed by atoms with Gasteiger partial charge in [-0.2, -0.15) is 0 Å². The molecule has 1 aliphatic carbocycles. The van der Waals surface area contributed by atoms with Crippen LogP contribution in [0.25, 0.3) is 0 Å². The van der Waals surface area contributed by atoms with Gasteiger partial charge in [0.2, 0.25) is 5.91 Å². The third-order valence-corrected chi connectivity index (χ3v) is 4.91. The molecule has 2 rings (SSSR count). The maximum atomic E-state index is 13.5. The van der Waals surface area contributed by atoms with Crippen LogP contribution in [-0.2, 0) is 10.2 Å². The summed E-state index contributed by atoms with van der Waals surface area (Å²) in [5.41, 5.74) is 0.216. The zero-order valence-electron chi connectivity index (χ0n) is 14.1. The molecule has 0 radical (unpaired) electrons. The smallest absolute Gasteiger partial charge is 0.230 e. The third-order valence-electron chi connectivity index (χ3n) is 4.91. The fourth-order valence-electron chi connectivity index (χ4n) is 3.52. The molecule has 3 nitrogen and oxygen atoms in total. The molecule has 1 aromatic carbocycles. The van der Waals surface area contributed by atoms with Crippen molar-refractivity contribution in [2.24, 2.45) is 11.8 Å². The molecule has 1 fully saturated rings. The number of benzene rings is 1. The first-order valence-electron chi connectivity index (χ1n) is 8.63. The van der Waals surface area contributed by atoms with Crippen LogP contribution in [-0.4, -0.2) is 24.2 Å². The Morgan fingerprint density at radius 2 is 2.13 bits per heavy atom. The number of aliphatic hydroxyl groups is 1. The summed E-state index contributed by atoms with van der Waals surface area (Å²) in [7, 11) is 0. The molecule has 0 saturated heterocycles. The topological polar surface area (TPSA) is 49.3 Å². The molecule has 1 unspecified atom stereocenters. The standard InChI is InChI=1S/C19H28FNO2/c1-14(2)11-15(7-10-22)13-21-18(23)19(8-4-9-19)16-5-3-6-17(20)12-16/h3,5-6,12,14-15,22H,4,7-11,13H2,1-2H3,(H,21,23). The molecule has 0 heterocycles. The van der Waals surface area contributed by atoms with Gasteiger partial charge >= 0.3 is 0 Å². The van der Waals surface area contributed by atoms with Crippen LogP contribution in [0.2, 0.25) is 0 Å². The Hall–Kier alpha value is -1.42. The van der Waals surface area contributed by atoms with Crippen molar-refractivity contribution in [2.75, 3.05) is 13.2 Å². The predicted molar refractivity (Wildman–Crippen MR) is 89.6 cm³/mol. The van der Waals surface area contributed by atoms with Crippen LogP contribution in [0.3, 0.4) is 0 Å². The van der Waals surface area contributed by atoms with Crippen molar-refractivity contribution < 1.29 is 14.3 Å². The highest BCUT2D eigenvalue weighted by Gasteiger charge is 2.45. The maximum absolute atomic E-state index is 13.5. The van der Waals surface area contributed by atoms with Crippen molar-refractivity contribution in [3.05, 3.63) is 35.6 Å². The number of aliphatic hydroxyl groups excluding tert-OH is 1. The molecule has 1 aliphatic rings. The van der Waals surface area contributed by atoms with Gasteiger partial charge in [-0.1, -0.05) is 32.4 Å². The molecule has 1 amide bonds. The van der Waals surface area contributed by atoms with E-state index in [-0.39, 0.29) is 24.2 Å². The van der Waals surface area contributed by atoms with Gasteiger partial charge in [0, 0.05) is 13.2 Å². The third kappa shape index (κ3) is 4.31. The Balaban J connectivity index is 2.02. The highest BCUT2D eigenvalue weighted by Crippen LogP contribution is 2.44. The summed E-state index contributed by atoms with van der Waals surface area (Å²) in [5, 5.41) is 12.2. The first-order valence-corrected chi connectivity index (χ1v) is 8.63. The van der Waals surface area contributed by atoms with Crippen molar-refractivity contribution in [1.29, 1.82) is 0 Å². The molecule has 4 heteroatoms. The molecule has 128 valence electrons. The van der Waals surface area contributed by atoms with Crippen LogP contribution in [0.1, 0.15) is 51.5 Å². The Morgan fingerprint density at radius 3 is 2.65 bits per heavy atom. The molecule has 0 bridgehead atoms. The summed E-state index contributed by atoms with van der Waals surface area (Å²) in [6, 6.07) is 6.41. The van der Waals surface area contributed by atoms with E-state index in [2.05, 4.69) is 19.2 Å². The number of hydrogen-bond donors (Lipinski definition) is 2. The summed E-state index contributed by atoms with van der Waals surface area (Å²) in [6.45, 7) is 5.01. The predicted octanol–water partition coefficient (Wildman–Crippen LogP) is 3.41. The van der Waals surface area contributed by atoms with E-state index in [1.807, 2.05) is 6.07 Å². The van der Waals surface area contributed by atoms with E-state index in [0.717, 1.165) is 31.2 Å². The van der Waals surface area contributed by atoms with Crippen LogP contribution in [0.15, 0.2) is 24.3 Å². The number of carbonyl (C=O) groups is 1. The van der Waals surface area contributed by atoms with Crippen molar-refractivity contribution in [3.63, 3.8) is 0 Å². The SMILES string of the molecule is CC(C)CC(CCO)CNC(=O)C1(c2cccc(F)c2)CCC1. The second kappa shape index (κ2) is 7.91. The molecule has 1 atom stereocenters. The monoisotopic (exact) mass is 321 g/mol. The van der Waals surface area contributed by atoms with Crippen LogP contribution in [0.4, 0.5) is 4.39 Å². The first-order chi connectivity index (χ1) is 11.0. The van der Waals surface area contributed by atoms with Crippen LogP contribution in [0.5, 0.6) is 0 Å². The second-order valence-corrected chi connectivity index (χ2v) is 7.16. The van der Waals surface area contributed by atoms with Crippen molar-refractivity contribution in [1.82, 2.24) is 5.32 Å². The van der Waals surface area contributed by atoms with Crippen molar-refractivity contribution >= 4 is 5.91 Å². The quantitative estimate of drug-likeness (QED) is 0.771. The molecule has 23 heavy (non-hydrogen) atoms. The molecule has 2 N–H and O–H groups in total. The highest BCUT2D eigenvalue weighted by atomic mass is 19.1. The lowest BCUT2D eigenvalue weighted by molar-refractivity contribution is -0.130. The molecule has 1 saturated carbocycles. The lowest BCUT2D eigenvalue weighted by Crippen LogP contribution is -2.50. The Labute approximate surface area is 138 Å². The largest absolute Gasteiger partial charge is 0.396 e. The summed E-state index contributed by atoms with van der Waals surface area (Å²) in [4.78, 5) is 12.8. The average Bonchev–Trinajstić information content (AvgIpc) is 2.43. The Morgan fingerprint density at radius 1 is 1.39 bits per heavy atom. The van der Waals surface area contributed by atoms with Gasteiger partial charge in [0.15, 0.2) is 0 Å². The normalized spacial score (nSPS) is 17.6. The van der Waals surface area contributed by atoms with E-state index in [1.54, 1.807) is 6.07 Å². The number of nitrogens with one attached hydrogen (secondary N) is 1. The number of amides is 1. The van der Waals surface area contributed by atoms with E-state index in [1.165, 1.54) is 12.1 Å². The molecule has 0 spiro atoms. The van der Waals surface area contributed by atoms with Crippen LogP contribution in [0, 0.1) is 17.7 Å². The number of carbonyl (C=O) groups excluding carboxylic acids is 1. The average molecular weight is 321 g/mol. The second-order valence-electron chi connectivity index (χ2n) is 7.16. The fourth-order valence-corrected chi connectivity index (χ4v) is 3.52. The minimum absolute atomic E-state index is 0.000968. The van der Waals surface area contributed by atoms with Gasteiger partial charge in [-0.05, 0) is 55.2 Å². The van der Waals surface area contributed by atoms with E-state index in [9.17, 15) is 14.3 Å². The molecular formula is C19H28FNO2. The van der Waals surface area contributed by atoms with E-state index in [4.69, 9.17) is 0 Å². The van der Waals surface area contributed by atoms with Crippen molar-refractivity contribution in [2.45, 2.75) is 51.4 Å². The summed E-state index contributed by atoms with van der Waals surface area (Å²) in [5.74, 6) is 0.526. The zero-order chi connectivity index (χ0) is 16.9. The minimum Gasteiger partial charge on any atom is -0.396 e. The Bertz CT molecular complexity index is 526. The summed E-state index contributed by atoms with van der Waals surface area (Å²) < 4.78 is 13.5. The molecular weight excluding hydrogens is 293 g/mol. The first kappa shape index (κ1) is 17.9. The summed E-state index contributed by atoms with van der Waals surface area (Å²) >= 11 is 0. The Kier molecular flexibility index (Phi) is 6.17. The highest BCUT2D eigenvalue weighted by molar-refractivity contribution is 5.89. The van der Waals surface area contributed by atoms with Gasteiger partial charge in [-0.25, -0.2) is 4.39 Å². The number of hydrogen-bond acceptors (Lipinski definition) is 2. The number of rotatable bonds is 8. The van der Waals surface area contributed by atoms with Gasteiger partial charge in [0.25, 0.3) is 0 Å². The minimum atomic E-state index is -0.566. The summed E-state index contributed by atoms with van der Waals surface area (Å²) in [6.07, 6.45) is 4.23. The maximum Gasteiger partial charge on any atom is 0.230 e. The van der Waals surface area contributed by atoms with E-state index < -0.39 is 5.41 Å². The fraction of sp³-hybridized carbons (Fsp3) is 0.632. The van der Waals surface area contributed by atoms with Gasteiger partial charge in [-0.15, -0.1) is 0 Å². The van der Waals surface area contributed by atoms with Gasteiger partial charge in [0.1, 0.15) is 5.82 Å². The van der Waals surface area contributed by atoms with Crippen molar-refractivity contribution in [3.8, 4) is 0 Å². The molecule has 1 aromatic rings. The molecule has 0 aliphatic heterocycles. The lowest BCUT2D eigenvalue weighted by atomic mass is 9.63. The van der Waals surface area contributed by atoms with Crippen LogP contribution < -0.4 is 5.32 Å².